The highest BCUT2D eigenvalue weighted by Crippen LogP contribution is 2.41. The van der Waals surface area contributed by atoms with Gasteiger partial charge in [0.2, 0.25) is 0 Å². The monoisotopic (exact) mass is 341 g/mol. The number of carboxylic acid groups (broad SMARTS) is 1. The molecule has 6 heteroatoms. The third kappa shape index (κ3) is 2.19. The molecule has 0 aliphatic heterocycles. The quantitative estimate of drug-likeness (QED) is 0.903. The Bertz CT molecular complexity index is 671. The molecule has 98 valence electrons. The molecule has 0 saturated heterocycles. The van der Waals surface area contributed by atoms with Crippen molar-refractivity contribution in [1.29, 1.82) is 0 Å². The smallest absolute Gasteiger partial charge is 0.312 e. The molecule has 1 aliphatic carbocycles. The first-order chi connectivity index (χ1) is 9.06. The Hall–Kier alpha value is -1.27. The molecular formula is C13H9BrFNO2S. The second kappa shape index (κ2) is 4.68. The van der Waals surface area contributed by atoms with E-state index >= 15 is 0 Å². The Morgan fingerprint density at radius 2 is 2.32 bits per heavy atom. The van der Waals surface area contributed by atoms with Crippen molar-refractivity contribution in [3.8, 4) is 10.6 Å². The summed E-state index contributed by atoms with van der Waals surface area (Å²) in [4.78, 5) is 16.5. The van der Waals surface area contributed by atoms with Gasteiger partial charge in [-0.25, -0.2) is 9.37 Å². The Morgan fingerprint density at radius 1 is 1.53 bits per heavy atom. The average molecular weight is 342 g/mol. The van der Waals surface area contributed by atoms with Crippen molar-refractivity contribution < 1.29 is 14.3 Å². The molecule has 0 bridgehead atoms. The van der Waals surface area contributed by atoms with Crippen molar-refractivity contribution in [2.24, 2.45) is 0 Å². The van der Waals surface area contributed by atoms with Gasteiger partial charge in [-0.1, -0.05) is 15.9 Å². The number of halogens is 2. The molecule has 1 aromatic heterocycles. The summed E-state index contributed by atoms with van der Waals surface area (Å²) < 4.78 is 14.1. The number of thiazole rings is 1. The zero-order valence-corrected chi connectivity index (χ0v) is 12.1. The zero-order chi connectivity index (χ0) is 13.6. The summed E-state index contributed by atoms with van der Waals surface area (Å²) in [5, 5.41) is 9.80. The van der Waals surface area contributed by atoms with Gasteiger partial charge in [0.1, 0.15) is 16.7 Å². The lowest BCUT2D eigenvalue weighted by atomic mass is 10.1. The van der Waals surface area contributed by atoms with E-state index in [9.17, 15) is 9.18 Å². The first-order valence-corrected chi connectivity index (χ1v) is 7.35. The van der Waals surface area contributed by atoms with Crippen LogP contribution in [0.4, 0.5) is 4.39 Å². The zero-order valence-electron chi connectivity index (χ0n) is 9.69. The highest BCUT2D eigenvalue weighted by atomic mass is 79.9. The molecule has 1 unspecified atom stereocenters. The summed E-state index contributed by atoms with van der Waals surface area (Å²) in [5.41, 5.74) is 1.31. The van der Waals surface area contributed by atoms with Crippen molar-refractivity contribution in [3.63, 3.8) is 0 Å². The molecule has 1 aliphatic rings. The number of hydrogen-bond donors (Lipinski definition) is 1. The van der Waals surface area contributed by atoms with Crippen LogP contribution in [-0.4, -0.2) is 16.1 Å². The van der Waals surface area contributed by atoms with Gasteiger partial charge in [0.25, 0.3) is 0 Å². The van der Waals surface area contributed by atoms with Crippen molar-refractivity contribution in [1.82, 2.24) is 4.98 Å². The number of carboxylic acids is 1. The third-order valence-corrected chi connectivity index (χ3v) is 5.03. The normalized spacial score (nSPS) is 17.5. The van der Waals surface area contributed by atoms with E-state index in [2.05, 4.69) is 20.9 Å². The van der Waals surface area contributed by atoms with Crippen LogP contribution in [0.5, 0.6) is 0 Å². The molecule has 0 saturated carbocycles. The Kier molecular flexibility index (Phi) is 3.14. The number of aromatic nitrogens is 1. The van der Waals surface area contributed by atoms with Gasteiger partial charge in [-0.05, 0) is 31.0 Å². The molecule has 2 aromatic rings. The molecular weight excluding hydrogens is 333 g/mol. The highest BCUT2D eigenvalue weighted by Gasteiger charge is 2.32. The van der Waals surface area contributed by atoms with Crippen LogP contribution in [0.25, 0.3) is 10.6 Å². The molecule has 19 heavy (non-hydrogen) atoms. The van der Waals surface area contributed by atoms with Crippen LogP contribution in [0.2, 0.25) is 0 Å². The van der Waals surface area contributed by atoms with E-state index < -0.39 is 11.9 Å². The molecule has 1 aromatic carbocycles. The number of aliphatic carboxylic acids is 1. The largest absolute Gasteiger partial charge is 0.481 e. The van der Waals surface area contributed by atoms with Gasteiger partial charge in [0.05, 0.1) is 5.69 Å². The fourth-order valence-corrected chi connectivity index (χ4v) is 3.98. The summed E-state index contributed by atoms with van der Waals surface area (Å²) in [7, 11) is 0. The highest BCUT2D eigenvalue weighted by molar-refractivity contribution is 9.10. The van der Waals surface area contributed by atoms with Gasteiger partial charge in [-0.2, -0.15) is 0 Å². The summed E-state index contributed by atoms with van der Waals surface area (Å²) in [6.07, 6.45) is 1.34. The van der Waals surface area contributed by atoms with E-state index in [1.165, 1.54) is 23.5 Å². The number of benzene rings is 1. The second-order valence-corrected chi connectivity index (χ2v) is 6.32. The minimum absolute atomic E-state index is 0.330. The van der Waals surface area contributed by atoms with E-state index in [-0.39, 0.29) is 5.82 Å². The topological polar surface area (TPSA) is 50.2 Å². The molecule has 0 radical (unpaired) electrons. The maximum atomic E-state index is 13.3. The lowest BCUT2D eigenvalue weighted by Gasteiger charge is -2.03. The van der Waals surface area contributed by atoms with Crippen LogP contribution in [0.1, 0.15) is 22.9 Å². The van der Waals surface area contributed by atoms with E-state index in [4.69, 9.17) is 5.11 Å². The number of aryl methyl sites for hydroxylation is 1. The molecule has 1 heterocycles. The SMILES string of the molecule is O=C(O)C1CCc2sc(-c3cc(F)ccc3Br)nc21. The maximum Gasteiger partial charge on any atom is 0.312 e. The summed E-state index contributed by atoms with van der Waals surface area (Å²) in [6.45, 7) is 0. The number of fused-ring (bicyclic) bond motifs is 1. The van der Waals surface area contributed by atoms with E-state index in [0.29, 0.717) is 22.7 Å². The number of nitrogens with zero attached hydrogens (tertiary/aromatic N) is 1. The van der Waals surface area contributed by atoms with Gasteiger partial charge in [0.15, 0.2) is 0 Å². The van der Waals surface area contributed by atoms with E-state index in [1.807, 2.05) is 0 Å². The molecule has 1 atom stereocenters. The summed E-state index contributed by atoms with van der Waals surface area (Å²) in [6, 6.07) is 4.41. The van der Waals surface area contributed by atoms with Crippen molar-refractivity contribution in [3.05, 3.63) is 39.1 Å². The lowest BCUT2D eigenvalue weighted by molar-refractivity contribution is -0.138. The minimum Gasteiger partial charge on any atom is -0.481 e. The number of rotatable bonds is 2. The van der Waals surface area contributed by atoms with E-state index in [0.717, 1.165) is 15.8 Å². The Morgan fingerprint density at radius 3 is 3.05 bits per heavy atom. The molecule has 0 spiro atoms. The van der Waals surface area contributed by atoms with Crippen LogP contribution in [0, 0.1) is 5.82 Å². The van der Waals surface area contributed by atoms with Gasteiger partial charge in [-0.15, -0.1) is 11.3 Å². The molecule has 0 fully saturated rings. The Balaban J connectivity index is 2.07. The van der Waals surface area contributed by atoms with E-state index in [1.54, 1.807) is 6.07 Å². The standard InChI is InChI=1S/C13H9BrFNO2S/c14-9-3-1-6(15)5-8(9)12-16-11-7(13(17)18)2-4-10(11)19-12/h1,3,5,7H,2,4H2,(H,17,18). The third-order valence-electron chi connectivity index (χ3n) is 3.17. The summed E-state index contributed by atoms with van der Waals surface area (Å²) in [5.74, 6) is -1.69. The minimum atomic E-state index is -0.839. The number of carbonyl (C=O) groups is 1. The van der Waals surface area contributed by atoms with Crippen LogP contribution >= 0.6 is 27.3 Å². The molecule has 3 rings (SSSR count). The second-order valence-electron chi connectivity index (χ2n) is 4.38. The maximum absolute atomic E-state index is 13.3. The van der Waals surface area contributed by atoms with Crippen molar-refractivity contribution in [2.75, 3.05) is 0 Å². The van der Waals surface area contributed by atoms with Crippen molar-refractivity contribution >= 4 is 33.2 Å². The van der Waals surface area contributed by atoms with Crippen molar-refractivity contribution in [2.45, 2.75) is 18.8 Å². The number of hydrogen-bond acceptors (Lipinski definition) is 3. The van der Waals surface area contributed by atoms with Crippen LogP contribution in [0.15, 0.2) is 22.7 Å². The fourth-order valence-electron chi connectivity index (χ4n) is 2.24. The van der Waals surface area contributed by atoms with Crippen LogP contribution < -0.4 is 0 Å². The molecule has 3 nitrogen and oxygen atoms in total. The first-order valence-electron chi connectivity index (χ1n) is 5.74. The van der Waals surface area contributed by atoms with Gasteiger partial charge >= 0.3 is 5.97 Å². The fraction of sp³-hybridized carbons (Fsp3) is 0.231. The lowest BCUT2D eigenvalue weighted by Crippen LogP contribution is -2.08. The molecule has 0 amide bonds. The predicted octanol–water partition coefficient (Wildman–Crippen LogP) is 3.83. The van der Waals surface area contributed by atoms with Gasteiger partial charge < -0.3 is 5.11 Å². The average Bonchev–Trinajstić information content (AvgIpc) is 2.91. The predicted molar refractivity (Wildman–Crippen MR) is 73.9 cm³/mol. The Labute approximate surface area is 121 Å². The van der Waals surface area contributed by atoms with Crippen LogP contribution in [-0.2, 0) is 11.2 Å². The van der Waals surface area contributed by atoms with Gasteiger partial charge in [-0.3, -0.25) is 4.79 Å². The summed E-state index contributed by atoms with van der Waals surface area (Å²) >= 11 is 4.82. The van der Waals surface area contributed by atoms with Gasteiger partial charge in [0, 0.05) is 14.9 Å². The molecule has 1 N–H and O–H groups in total. The first kappa shape index (κ1) is 12.7. The van der Waals surface area contributed by atoms with Crippen LogP contribution in [0.3, 0.4) is 0 Å².